The first-order valence-corrected chi connectivity index (χ1v) is 8.35. The van der Waals surface area contributed by atoms with Gasteiger partial charge in [0.2, 0.25) is 5.91 Å². The van der Waals surface area contributed by atoms with E-state index < -0.39 is 0 Å². The minimum atomic E-state index is 0. The van der Waals surface area contributed by atoms with Crippen LogP contribution in [-0.4, -0.2) is 25.0 Å². The lowest BCUT2D eigenvalue weighted by atomic mass is 9.85. The second-order valence-corrected chi connectivity index (χ2v) is 6.81. The summed E-state index contributed by atoms with van der Waals surface area (Å²) in [4.78, 5) is 12.4. The van der Waals surface area contributed by atoms with E-state index in [4.69, 9.17) is 0 Å². The Balaban J connectivity index is 0.00000147. The molecule has 1 unspecified atom stereocenters. The molecule has 2 aliphatic carbocycles. The Morgan fingerprint density at radius 2 is 1.50 bits per heavy atom. The number of carbonyl (C=O) groups is 1. The summed E-state index contributed by atoms with van der Waals surface area (Å²) in [6.45, 7) is 1.89. The van der Waals surface area contributed by atoms with Crippen molar-refractivity contribution in [3.63, 3.8) is 0 Å². The molecule has 0 spiro atoms. The molecule has 2 N–H and O–H groups in total. The summed E-state index contributed by atoms with van der Waals surface area (Å²) in [6, 6.07) is 0.484. The van der Waals surface area contributed by atoms with Crippen LogP contribution in [0.15, 0.2) is 0 Å². The molecular formula is C16H29ClN2O. The van der Waals surface area contributed by atoms with Gasteiger partial charge in [0.1, 0.15) is 0 Å². The van der Waals surface area contributed by atoms with E-state index in [0.717, 1.165) is 31.3 Å². The van der Waals surface area contributed by atoms with Crippen molar-refractivity contribution >= 4 is 18.3 Å². The summed E-state index contributed by atoms with van der Waals surface area (Å²) in [5.74, 6) is 2.09. The van der Waals surface area contributed by atoms with Gasteiger partial charge < -0.3 is 10.6 Å². The maximum atomic E-state index is 12.4. The minimum absolute atomic E-state index is 0. The molecule has 0 aromatic rings. The van der Waals surface area contributed by atoms with Crippen molar-refractivity contribution in [3.05, 3.63) is 0 Å². The topological polar surface area (TPSA) is 41.1 Å². The summed E-state index contributed by atoms with van der Waals surface area (Å²) in [5, 5.41) is 6.77. The van der Waals surface area contributed by atoms with Crippen LogP contribution in [0.4, 0.5) is 0 Å². The van der Waals surface area contributed by atoms with Crippen molar-refractivity contribution < 1.29 is 4.79 Å². The molecule has 4 heteroatoms. The number of carbonyl (C=O) groups excluding carboxylic acids is 1. The highest BCUT2D eigenvalue weighted by atomic mass is 35.5. The lowest BCUT2D eigenvalue weighted by Crippen LogP contribution is -2.46. The van der Waals surface area contributed by atoms with Crippen molar-refractivity contribution in [2.75, 3.05) is 13.1 Å². The fourth-order valence-electron chi connectivity index (χ4n) is 4.41. The maximum Gasteiger partial charge on any atom is 0.224 e. The largest absolute Gasteiger partial charge is 0.353 e. The summed E-state index contributed by atoms with van der Waals surface area (Å²) in [7, 11) is 0. The Kier molecular flexibility index (Phi) is 6.16. The number of rotatable bonds is 4. The molecule has 1 atom stereocenters. The average Bonchev–Trinajstić information content (AvgIpc) is 3.17. The van der Waals surface area contributed by atoms with Crippen LogP contribution in [-0.2, 0) is 4.79 Å². The van der Waals surface area contributed by atoms with Crippen molar-refractivity contribution in [2.45, 2.75) is 63.8 Å². The van der Waals surface area contributed by atoms with Crippen LogP contribution in [0, 0.1) is 17.8 Å². The van der Waals surface area contributed by atoms with Gasteiger partial charge >= 0.3 is 0 Å². The number of amides is 1. The Labute approximate surface area is 129 Å². The van der Waals surface area contributed by atoms with Crippen LogP contribution in [0.5, 0.6) is 0 Å². The highest BCUT2D eigenvalue weighted by molar-refractivity contribution is 5.85. The zero-order valence-electron chi connectivity index (χ0n) is 12.4. The van der Waals surface area contributed by atoms with Crippen LogP contribution in [0.2, 0.25) is 0 Å². The van der Waals surface area contributed by atoms with Gasteiger partial charge in [-0.1, -0.05) is 25.7 Å². The molecule has 3 nitrogen and oxygen atoms in total. The van der Waals surface area contributed by atoms with Gasteiger partial charge in [-0.3, -0.25) is 4.79 Å². The third kappa shape index (κ3) is 3.67. The fraction of sp³-hybridized carbons (Fsp3) is 0.938. The van der Waals surface area contributed by atoms with Crippen LogP contribution < -0.4 is 10.6 Å². The number of hydrogen-bond acceptors (Lipinski definition) is 2. The van der Waals surface area contributed by atoms with E-state index in [0.29, 0.717) is 11.9 Å². The number of hydrogen-bond donors (Lipinski definition) is 2. The molecule has 116 valence electrons. The van der Waals surface area contributed by atoms with Crippen LogP contribution in [0.1, 0.15) is 57.8 Å². The Morgan fingerprint density at radius 1 is 0.950 bits per heavy atom. The third-order valence-electron chi connectivity index (χ3n) is 5.56. The Bertz CT molecular complexity index is 290. The minimum Gasteiger partial charge on any atom is -0.353 e. The van der Waals surface area contributed by atoms with Gasteiger partial charge in [-0.15, -0.1) is 12.4 Å². The van der Waals surface area contributed by atoms with Crippen molar-refractivity contribution in [2.24, 2.45) is 17.8 Å². The van der Waals surface area contributed by atoms with E-state index in [1.165, 1.54) is 51.4 Å². The zero-order chi connectivity index (χ0) is 13.1. The summed E-state index contributed by atoms with van der Waals surface area (Å²) < 4.78 is 0. The summed E-state index contributed by atoms with van der Waals surface area (Å²) >= 11 is 0. The van der Waals surface area contributed by atoms with Gasteiger partial charge in [0.25, 0.3) is 0 Å². The molecule has 1 amide bonds. The van der Waals surface area contributed by atoms with E-state index in [-0.39, 0.29) is 18.3 Å². The van der Waals surface area contributed by atoms with Gasteiger partial charge in [0, 0.05) is 12.6 Å². The van der Waals surface area contributed by atoms with Crippen LogP contribution in [0.25, 0.3) is 0 Å². The average molecular weight is 301 g/mol. The van der Waals surface area contributed by atoms with Crippen LogP contribution in [0.3, 0.4) is 0 Å². The van der Waals surface area contributed by atoms with Gasteiger partial charge in [0.05, 0.1) is 5.92 Å². The zero-order valence-corrected chi connectivity index (χ0v) is 13.2. The van der Waals surface area contributed by atoms with Crippen molar-refractivity contribution in [1.82, 2.24) is 10.6 Å². The number of halogens is 1. The SMILES string of the molecule is Cl.O=C(NC(C1CCCC1)C1CCCC1)C1CCNC1. The lowest BCUT2D eigenvalue weighted by molar-refractivity contribution is -0.126. The van der Waals surface area contributed by atoms with E-state index >= 15 is 0 Å². The van der Waals surface area contributed by atoms with E-state index in [2.05, 4.69) is 10.6 Å². The fourth-order valence-corrected chi connectivity index (χ4v) is 4.41. The summed E-state index contributed by atoms with van der Waals surface area (Å²) in [6.07, 6.45) is 11.9. The second-order valence-electron chi connectivity index (χ2n) is 6.81. The monoisotopic (exact) mass is 300 g/mol. The predicted molar refractivity (Wildman–Crippen MR) is 84.1 cm³/mol. The van der Waals surface area contributed by atoms with Gasteiger partial charge in [-0.05, 0) is 50.5 Å². The Morgan fingerprint density at radius 3 is 1.95 bits per heavy atom. The van der Waals surface area contributed by atoms with Crippen molar-refractivity contribution in [3.8, 4) is 0 Å². The molecule has 3 fully saturated rings. The van der Waals surface area contributed by atoms with E-state index in [1.807, 2.05) is 0 Å². The third-order valence-corrected chi connectivity index (χ3v) is 5.56. The standard InChI is InChI=1S/C16H28N2O.ClH/c19-16(14-9-10-17-11-14)18-15(12-5-1-2-6-12)13-7-3-4-8-13;/h12-15,17H,1-11H2,(H,18,19);1H. The maximum absolute atomic E-state index is 12.4. The van der Waals surface area contributed by atoms with Crippen LogP contribution >= 0.6 is 12.4 Å². The molecule has 3 aliphatic rings. The predicted octanol–water partition coefficient (Wildman–Crippen LogP) is 2.88. The number of nitrogens with one attached hydrogen (secondary N) is 2. The molecule has 0 aromatic heterocycles. The first kappa shape index (κ1) is 16.1. The molecule has 3 rings (SSSR count). The first-order valence-electron chi connectivity index (χ1n) is 8.35. The summed E-state index contributed by atoms with van der Waals surface area (Å²) in [5.41, 5.74) is 0. The van der Waals surface area contributed by atoms with E-state index in [9.17, 15) is 4.79 Å². The molecule has 1 saturated heterocycles. The van der Waals surface area contributed by atoms with Gasteiger partial charge in [-0.25, -0.2) is 0 Å². The lowest BCUT2D eigenvalue weighted by Gasteiger charge is -2.31. The normalized spacial score (nSPS) is 27.9. The smallest absolute Gasteiger partial charge is 0.224 e. The molecule has 0 bridgehead atoms. The first-order chi connectivity index (χ1) is 9.34. The molecule has 1 aliphatic heterocycles. The van der Waals surface area contributed by atoms with Crippen molar-refractivity contribution in [1.29, 1.82) is 0 Å². The molecule has 0 radical (unpaired) electrons. The highest BCUT2D eigenvalue weighted by Crippen LogP contribution is 2.37. The molecule has 20 heavy (non-hydrogen) atoms. The van der Waals surface area contributed by atoms with E-state index in [1.54, 1.807) is 0 Å². The van der Waals surface area contributed by atoms with Gasteiger partial charge in [0.15, 0.2) is 0 Å². The highest BCUT2D eigenvalue weighted by Gasteiger charge is 2.35. The Hall–Kier alpha value is -0.280. The quantitative estimate of drug-likeness (QED) is 0.838. The molecular weight excluding hydrogens is 272 g/mol. The molecule has 2 saturated carbocycles. The second kappa shape index (κ2) is 7.65. The molecule has 1 heterocycles. The molecule has 0 aromatic carbocycles. The van der Waals surface area contributed by atoms with Gasteiger partial charge in [-0.2, -0.15) is 0 Å².